The number of nitrogens with one attached hydrogen (secondary N) is 2. The van der Waals surface area contributed by atoms with Crippen molar-refractivity contribution in [3.05, 3.63) is 24.3 Å². The molecular weight excluding hydrogens is 244 g/mol. The summed E-state index contributed by atoms with van der Waals surface area (Å²) in [5.74, 6) is -0.775. The normalized spacial score (nSPS) is 11.5. The Hall–Kier alpha value is -2.04. The number of carbonyl (C=O) groups excluding carboxylic acids is 2. The van der Waals surface area contributed by atoms with E-state index >= 15 is 0 Å². The third kappa shape index (κ3) is 4.62. The second-order valence-corrected chi connectivity index (χ2v) is 4.17. The minimum absolute atomic E-state index is 0.0274. The molecule has 5 nitrogen and oxygen atoms in total. The van der Waals surface area contributed by atoms with E-state index < -0.39 is 11.8 Å². The molecule has 19 heavy (non-hydrogen) atoms. The van der Waals surface area contributed by atoms with Crippen molar-refractivity contribution in [1.82, 2.24) is 5.32 Å². The predicted molar refractivity (Wildman–Crippen MR) is 74.1 cm³/mol. The highest BCUT2D eigenvalue weighted by atomic mass is 16.5. The van der Waals surface area contributed by atoms with Crippen LogP contribution >= 0.6 is 0 Å². The Morgan fingerprint density at radius 1 is 1.21 bits per heavy atom. The molecule has 0 heterocycles. The van der Waals surface area contributed by atoms with Crippen LogP contribution in [0.1, 0.15) is 27.2 Å². The van der Waals surface area contributed by atoms with Gasteiger partial charge in [-0.15, -0.1) is 0 Å². The van der Waals surface area contributed by atoms with Gasteiger partial charge in [0, 0.05) is 6.04 Å². The molecule has 5 heteroatoms. The minimum atomic E-state index is -0.688. The quantitative estimate of drug-likeness (QED) is 0.799. The first kappa shape index (κ1) is 15.0. The molecule has 104 valence electrons. The first-order valence-electron chi connectivity index (χ1n) is 6.42. The molecule has 0 aliphatic heterocycles. The van der Waals surface area contributed by atoms with Gasteiger partial charge in [-0.2, -0.15) is 0 Å². The van der Waals surface area contributed by atoms with Crippen molar-refractivity contribution in [1.29, 1.82) is 0 Å². The maximum Gasteiger partial charge on any atom is 0.313 e. The SMILES string of the molecule is CCOc1ccccc1NC(=O)C(=O)N[C@H](C)CC. The number of carbonyl (C=O) groups is 2. The first-order chi connectivity index (χ1) is 9.08. The Morgan fingerprint density at radius 3 is 2.53 bits per heavy atom. The molecule has 1 atom stereocenters. The van der Waals surface area contributed by atoms with E-state index in [1.165, 1.54) is 0 Å². The second-order valence-electron chi connectivity index (χ2n) is 4.17. The van der Waals surface area contributed by atoms with Crippen molar-refractivity contribution in [3.8, 4) is 5.75 Å². The van der Waals surface area contributed by atoms with Crippen molar-refractivity contribution in [2.75, 3.05) is 11.9 Å². The Labute approximate surface area is 113 Å². The third-order valence-corrected chi connectivity index (χ3v) is 2.63. The zero-order chi connectivity index (χ0) is 14.3. The first-order valence-corrected chi connectivity index (χ1v) is 6.42. The number of anilines is 1. The maximum atomic E-state index is 11.7. The highest BCUT2D eigenvalue weighted by Gasteiger charge is 2.16. The van der Waals surface area contributed by atoms with Crippen LogP contribution in [0.4, 0.5) is 5.69 Å². The summed E-state index contributed by atoms with van der Waals surface area (Å²) in [7, 11) is 0. The molecule has 0 aliphatic carbocycles. The Bertz CT molecular complexity index is 446. The average molecular weight is 264 g/mol. The molecule has 0 aromatic heterocycles. The monoisotopic (exact) mass is 264 g/mol. The van der Waals surface area contributed by atoms with E-state index in [-0.39, 0.29) is 6.04 Å². The molecule has 0 saturated heterocycles. The van der Waals surface area contributed by atoms with Crippen molar-refractivity contribution in [2.45, 2.75) is 33.2 Å². The van der Waals surface area contributed by atoms with Gasteiger partial charge in [0.2, 0.25) is 0 Å². The molecule has 0 radical (unpaired) electrons. The van der Waals surface area contributed by atoms with Crippen LogP contribution in [0, 0.1) is 0 Å². The van der Waals surface area contributed by atoms with Gasteiger partial charge in [-0.25, -0.2) is 0 Å². The van der Waals surface area contributed by atoms with Crippen LogP contribution in [-0.2, 0) is 9.59 Å². The van der Waals surface area contributed by atoms with Crippen LogP contribution in [0.5, 0.6) is 5.75 Å². The topological polar surface area (TPSA) is 67.4 Å². The lowest BCUT2D eigenvalue weighted by Crippen LogP contribution is -2.40. The van der Waals surface area contributed by atoms with Gasteiger partial charge in [0.05, 0.1) is 12.3 Å². The fraction of sp³-hybridized carbons (Fsp3) is 0.429. The molecule has 0 saturated carbocycles. The lowest BCUT2D eigenvalue weighted by atomic mass is 10.2. The summed E-state index contributed by atoms with van der Waals surface area (Å²) < 4.78 is 5.37. The summed E-state index contributed by atoms with van der Waals surface area (Å²) in [6.07, 6.45) is 0.772. The molecule has 0 bridgehead atoms. The molecule has 1 aromatic carbocycles. The standard InChI is InChI=1S/C14H20N2O3/c1-4-10(3)15-13(17)14(18)16-11-8-6-7-9-12(11)19-5-2/h6-10H,4-5H2,1-3H3,(H,15,17)(H,16,18)/t10-/m1/s1. The lowest BCUT2D eigenvalue weighted by molar-refractivity contribution is -0.136. The molecule has 2 amide bonds. The van der Waals surface area contributed by atoms with Gasteiger partial charge >= 0.3 is 11.8 Å². The van der Waals surface area contributed by atoms with E-state index in [0.29, 0.717) is 18.0 Å². The van der Waals surface area contributed by atoms with Gasteiger partial charge in [-0.1, -0.05) is 19.1 Å². The maximum absolute atomic E-state index is 11.7. The number of benzene rings is 1. The number of hydrogen-bond donors (Lipinski definition) is 2. The Kier molecular flexibility index (Phi) is 5.85. The van der Waals surface area contributed by atoms with Gasteiger partial charge in [-0.3, -0.25) is 9.59 Å². The minimum Gasteiger partial charge on any atom is -0.492 e. The van der Waals surface area contributed by atoms with Gasteiger partial charge in [-0.05, 0) is 32.4 Å². The molecule has 1 rings (SSSR count). The number of hydrogen-bond acceptors (Lipinski definition) is 3. The van der Waals surface area contributed by atoms with E-state index in [0.717, 1.165) is 6.42 Å². The number of rotatable bonds is 5. The van der Waals surface area contributed by atoms with Gasteiger partial charge in [0.1, 0.15) is 5.75 Å². The summed E-state index contributed by atoms with van der Waals surface area (Å²) >= 11 is 0. The van der Waals surface area contributed by atoms with Crippen LogP contribution in [0.2, 0.25) is 0 Å². The molecular formula is C14H20N2O3. The van der Waals surface area contributed by atoms with Crippen LogP contribution in [0.15, 0.2) is 24.3 Å². The van der Waals surface area contributed by atoms with Crippen molar-refractivity contribution in [2.24, 2.45) is 0 Å². The number of ether oxygens (including phenoxy) is 1. The summed E-state index contributed by atoms with van der Waals surface area (Å²) in [4.78, 5) is 23.4. The van der Waals surface area contributed by atoms with E-state index in [1.54, 1.807) is 24.3 Å². The fourth-order valence-corrected chi connectivity index (χ4v) is 1.42. The highest BCUT2D eigenvalue weighted by molar-refractivity contribution is 6.39. The van der Waals surface area contributed by atoms with E-state index in [1.807, 2.05) is 20.8 Å². The van der Waals surface area contributed by atoms with Crippen LogP contribution in [-0.4, -0.2) is 24.5 Å². The summed E-state index contributed by atoms with van der Waals surface area (Å²) in [5.41, 5.74) is 0.494. The van der Waals surface area contributed by atoms with Crippen molar-refractivity contribution < 1.29 is 14.3 Å². The molecule has 0 spiro atoms. The summed E-state index contributed by atoms with van der Waals surface area (Å²) in [5, 5.41) is 5.16. The van der Waals surface area contributed by atoms with E-state index in [4.69, 9.17) is 4.74 Å². The van der Waals surface area contributed by atoms with Crippen molar-refractivity contribution in [3.63, 3.8) is 0 Å². The molecule has 2 N–H and O–H groups in total. The molecule has 0 aliphatic rings. The van der Waals surface area contributed by atoms with Crippen LogP contribution in [0.3, 0.4) is 0 Å². The smallest absolute Gasteiger partial charge is 0.313 e. The summed E-state index contributed by atoms with van der Waals surface area (Å²) in [6, 6.07) is 6.98. The lowest BCUT2D eigenvalue weighted by Gasteiger charge is -2.13. The number of para-hydroxylation sites is 2. The zero-order valence-electron chi connectivity index (χ0n) is 11.5. The zero-order valence-corrected chi connectivity index (χ0v) is 11.5. The number of amides is 2. The Morgan fingerprint density at radius 2 is 1.89 bits per heavy atom. The second kappa shape index (κ2) is 7.41. The van der Waals surface area contributed by atoms with Gasteiger partial charge in [0.25, 0.3) is 0 Å². The molecule has 0 fully saturated rings. The van der Waals surface area contributed by atoms with E-state index in [2.05, 4.69) is 10.6 Å². The highest BCUT2D eigenvalue weighted by Crippen LogP contribution is 2.23. The average Bonchev–Trinajstić information content (AvgIpc) is 2.41. The van der Waals surface area contributed by atoms with Crippen molar-refractivity contribution >= 4 is 17.5 Å². The summed E-state index contributed by atoms with van der Waals surface area (Å²) in [6.45, 7) is 6.13. The molecule has 0 unspecified atom stereocenters. The van der Waals surface area contributed by atoms with Crippen LogP contribution in [0.25, 0.3) is 0 Å². The largest absolute Gasteiger partial charge is 0.492 e. The molecule has 1 aromatic rings. The Balaban J connectivity index is 2.68. The predicted octanol–water partition coefficient (Wildman–Crippen LogP) is 1.94. The van der Waals surface area contributed by atoms with E-state index in [9.17, 15) is 9.59 Å². The fourth-order valence-electron chi connectivity index (χ4n) is 1.42. The van der Waals surface area contributed by atoms with Crippen LogP contribution < -0.4 is 15.4 Å². The third-order valence-electron chi connectivity index (χ3n) is 2.63. The van der Waals surface area contributed by atoms with Gasteiger partial charge < -0.3 is 15.4 Å². The van der Waals surface area contributed by atoms with Gasteiger partial charge in [0.15, 0.2) is 0 Å².